The molecule has 0 aromatic heterocycles. The third-order valence-corrected chi connectivity index (χ3v) is 4.99. The second-order valence-electron chi connectivity index (χ2n) is 7.10. The number of benzene rings is 2. The molecule has 0 spiro atoms. The molecule has 1 aliphatic carbocycles. The third-order valence-electron chi connectivity index (χ3n) is 4.99. The van der Waals surface area contributed by atoms with E-state index >= 15 is 0 Å². The van der Waals surface area contributed by atoms with Gasteiger partial charge in [0, 0.05) is 20.0 Å². The number of hydrogen-bond acceptors (Lipinski definition) is 2. The minimum atomic E-state index is -0.0920. The number of para-hydroxylation sites is 1. The largest absolute Gasteiger partial charge is 0.337 e. The number of carbonyl (C=O) groups is 2. The molecule has 2 aromatic rings. The molecule has 0 atom stereocenters. The molecule has 1 aliphatic rings. The van der Waals surface area contributed by atoms with Crippen LogP contribution < -0.4 is 5.32 Å². The molecule has 4 nitrogen and oxygen atoms in total. The lowest BCUT2D eigenvalue weighted by atomic mass is 10.0. The second-order valence-corrected chi connectivity index (χ2v) is 7.10. The van der Waals surface area contributed by atoms with Gasteiger partial charge in [-0.25, -0.2) is 0 Å². The van der Waals surface area contributed by atoms with Gasteiger partial charge in [-0.05, 0) is 36.5 Å². The van der Waals surface area contributed by atoms with Gasteiger partial charge in [-0.15, -0.1) is 0 Å². The molecule has 136 valence electrons. The number of nitrogens with zero attached hydrogens (tertiary/aromatic N) is 1. The van der Waals surface area contributed by atoms with Crippen molar-refractivity contribution in [1.29, 1.82) is 0 Å². The standard InChI is InChI=1S/C22H26N2O2/c1-24(16-18-11-3-2-4-12-18)22(26)19-13-7-8-14-20(19)23-21(25)15-17-9-5-6-10-17/h2-4,7-8,11-14,17H,5-6,9-10,15-16H2,1H3,(H,23,25). The van der Waals surface area contributed by atoms with Crippen LogP contribution in [-0.4, -0.2) is 23.8 Å². The van der Waals surface area contributed by atoms with Gasteiger partial charge >= 0.3 is 0 Å². The summed E-state index contributed by atoms with van der Waals surface area (Å²) in [7, 11) is 1.78. The molecule has 4 heteroatoms. The van der Waals surface area contributed by atoms with Gasteiger partial charge in [0.1, 0.15) is 0 Å². The van der Waals surface area contributed by atoms with Gasteiger partial charge in [0.05, 0.1) is 11.3 Å². The van der Waals surface area contributed by atoms with Crippen molar-refractivity contribution in [2.24, 2.45) is 5.92 Å². The van der Waals surface area contributed by atoms with E-state index in [4.69, 9.17) is 0 Å². The van der Waals surface area contributed by atoms with Gasteiger partial charge in [0.15, 0.2) is 0 Å². The van der Waals surface area contributed by atoms with Crippen LogP contribution in [0.5, 0.6) is 0 Å². The molecule has 0 heterocycles. The van der Waals surface area contributed by atoms with Gasteiger partial charge in [-0.3, -0.25) is 9.59 Å². The summed E-state index contributed by atoms with van der Waals surface area (Å²) >= 11 is 0. The first-order chi connectivity index (χ1) is 12.6. The zero-order valence-corrected chi connectivity index (χ0v) is 15.3. The Kier molecular flexibility index (Phi) is 6.05. The highest BCUT2D eigenvalue weighted by Crippen LogP contribution is 2.28. The number of rotatable bonds is 6. The summed E-state index contributed by atoms with van der Waals surface area (Å²) in [5.41, 5.74) is 2.21. The first-order valence-electron chi connectivity index (χ1n) is 9.32. The Hall–Kier alpha value is -2.62. The van der Waals surface area contributed by atoms with E-state index in [2.05, 4.69) is 5.32 Å². The van der Waals surface area contributed by atoms with E-state index in [1.165, 1.54) is 12.8 Å². The monoisotopic (exact) mass is 350 g/mol. The molecular weight excluding hydrogens is 324 g/mol. The third kappa shape index (κ3) is 4.72. The van der Waals surface area contributed by atoms with E-state index in [0.717, 1.165) is 18.4 Å². The predicted octanol–water partition coefficient (Wildman–Crippen LogP) is 4.48. The van der Waals surface area contributed by atoms with Crippen LogP contribution in [0.3, 0.4) is 0 Å². The molecule has 2 amide bonds. The Bertz CT molecular complexity index is 752. The molecule has 0 unspecified atom stereocenters. The fourth-order valence-corrected chi connectivity index (χ4v) is 3.59. The lowest BCUT2D eigenvalue weighted by Crippen LogP contribution is -2.27. The number of carbonyl (C=O) groups excluding carboxylic acids is 2. The van der Waals surface area contributed by atoms with Crippen molar-refractivity contribution in [3.8, 4) is 0 Å². The van der Waals surface area contributed by atoms with Gasteiger partial charge in [0.2, 0.25) is 5.91 Å². The van der Waals surface area contributed by atoms with Crippen LogP contribution in [0.2, 0.25) is 0 Å². The van der Waals surface area contributed by atoms with Crippen LogP contribution in [0, 0.1) is 5.92 Å². The molecule has 0 aliphatic heterocycles. The molecular formula is C22H26N2O2. The van der Waals surface area contributed by atoms with Crippen LogP contribution in [0.15, 0.2) is 54.6 Å². The SMILES string of the molecule is CN(Cc1ccccc1)C(=O)c1ccccc1NC(=O)CC1CCCC1. The molecule has 1 N–H and O–H groups in total. The number of anilines is 1. The molecule has 1 saturated carbocycles. The van der Waals surface area contributed by atoms with Crippen molar-refractivity contribution in [1.82, 2.24) is 4.90 Å². The second kappa shape index (κ2) is 8.65. The molecule has 2 aromatic carbocycles. The van der Waals surface area contributed by atoms with E-state index in [-0.39, 0.29) is 11.8 Å². The summed E-state index contributed by atoms with van der Waals surface area (Å²) < 4.78 is 0. The van der Waals surface area contributed by atoms with Gasteiger partial charge in [-0.2, -0.15) is 0 Å². The summed E-state index contributed by atoms with van der Waals surface area (Å²) in [6.45, 7) is 0.532. The van der Waals surface area contributed by atoms with E-state index in [1.54, 1.807) is 24.1 Å². The zero-order chi connectivity index (χ0) is 18.4. The lowest BCUT2D eigenvalue weighted by molar-refractivity contribution is -0.117. The van der Waals surface area contributed by atoms with E-state index < -0.39 is 0 Å². The predicted molar refractivity (Wildman–Crippen MR) is 104 cm³/mol. The van der Waals surface area contributed by atoms with Crippen molar-refractivity contribution in [2.45, 2.75) is 38.6 Å². The zero-order valence-electron chi connectivity index (χ0n) is 15.3. The van der Waals surface area contributed by atoms with Gasteiger partial charge in [0.25, 0.3) is 5.91 Å². The highest BCUT2D eigenvalue weighted by molar-refractivity contribution is 6.03. The summed E-state index contributed by atoms with van der Waals surface area (Å²) in [5, 5.41) is 2.95. The average molecular weight is 350 g/mol. The molecule has 1 fully saturated rings. The number of nitrogens with one attached hydrogen (secondary N) is 1. The van der Waals surface area contributed by atoms with Crippen molar-refractivity contribution >= 4 is 17.5 Å². The Labute approximate surface area is 155 Å². The summed E-state index contributed by atoms with van der Waals surface area (Å²) in [6.07, 6.45) is 5.25. The Morgan fingerprint density at radius 3 is 2.38 bits per heavy atom. The highest BCUT2D eigenvalue weighted by Gasteiger charge is 2.21. The van der Waals surface area contributed by atoms with Crippen molar-refractivity contribution in [3.05, 3.63) is 65.7 Å². The Morgan fingerprint density at radius 2 is 1.65 bits per heavy atom. The minimum Gasteiger partial charge on any atom is -0.337 e. The van der Waals surface area contributed by atoms with Crippen LogP contribution >= 0.6 is 0 Å². The average Bonchev–Trinajstić information content (AvgIpc) is 3.15. The van der Waals surface area contributed by atoms with Crippen LogP contribution in [-0.2, 0) is 11.3 Å². The van der Waals surface area contributed by atoms with Gasteiger partial charge in [-0.1, -0.05) is 55.3 Å². The summed E-state index contributed by atoms with van der Waals surface area (Å²) in [4.78, 5) is 26.9. The fraction of sp³-hybridized carbons (Fsp3) is 0.364. The maximum Gasteiger partial charge on any atom is 0.256 e. The lowest BCUT2D eigenvalue weighted by Gasteiger charge is -2.19. The maximum absolute atomic E-state index is 12.9. The smallest absolute Gasteiger partial charge is 0.256 e. The minimum absolute atomic E-state index is 0.00265. The number of hydrogen-bond donors (Lipinski definition) is 1. The first-order valence-corrected chi connectivity index (χ1v) is 9.32. The van der Waals surface area contributed by atoms with Crippen molar-refractivity contribution < 1.29 is 9.59 Å². The van der Waals surface area contributed by atoms with E-state index in [0.29, 0.717) is 30.1 Å². The molecule has 26 heavy (non-hydrogen) atoms. The Morgan fingerprint density at radius 1 is 1.00 bits per heavy atom. The Balaban J connectivity index is 1.67. The fourth-order valence-electron chi connectivity index (χ4n) is 3.59. The van der Waals surface area contributed by atoms with Crippen molar-refractivity contribution in [3.63, 3.8) is 0 Å². The van der Waals surface area contributed by atoms with E-state index in [9.17, 15) is 9.59 Å². The molecule has 0 radical (unpaired) electrons. The highest BCUT2D eigenvalue weighted by atomic mass is 16.2. The van der Waals surface area contributed by atoms with Crippen LogP contribution in [0.1, 0.15) is 48.0 Å². The molecule has 0 saturated heterocycles. The van der Waals surface area contributed by atoms with Crippen LogP contribution in [0.25, 0.3) is 0 Å². The normalized spacial score (nSPS) is 14.2. The number of amides is 2. The quantitative estimate of drug-likeness (QED) is 0.835. The van der Waals surface area contributed by atoms with Crippen LogP contribution in [0.4, 0.5) is 5.69 Å². The van der Waals surface area contributed by atoms with E-state index in [1.807, 2.05) is 42.5 Å². The molecule has 3 rings (SSSR count). The van der Waals surface area contributed by atoms with Gasteiger partial charge < -0.3 is 10.2 Å². The topological polar surface area (TPSA) is 49.4 Å². The van der Waals surface area contributed by atoms with Crippen molar-refractivity contribution in [2.75, 3.05) is 12.4 Å². The maximum atomic E-state index is 12.9. The summed E-state index contributed by atoms with van der Waals surface area (Å²) in [5.74, 6) is 0.395. The summed E-state index contributed by atoms with van der Waals surface area (Å²) in [6, 6.07) is 17.1. The first kappa shape index (κ1) is 18.2. The molecule has 0 bridgehead atoms.